The zero-order valence-electron chi connectivity index (χ0n) is 11.6. The van der Waals surface area contributed by atoms with Crippen molar-refractivity contribution in [3.63, 3.8) is 0 Å². The normalized spacial score (nSPS) is 19.0. The van der Waals surface area contributed by atoms with Crippen LogP contribution in [-0.4, -0.2) is 42.3 Å². The van der Waals surface area contributed by atoms with Gasteiger partial charge in [0.25, 0.3) is 0 Å². The third-order valence-electron chi connectivity index (χ3n) is 2.98. The van der Waals surface area contributed by atoms with Gasteiger partial charge in [-0.3, -0.25) is 0 Å². The molecule has 0 amide bonds. The molecule has 20 heavy (non-hydrogen) atoms. The quantitative estimate of drug-likeness (QED) is 0.904. The molecule has 1 aromatic rings. The number of hydrogen-bond acceptors (Lipinski definition) is 5. The summed E-state index contributed by atoms with van der Waals surface area (Å²) in [5.74, 6) is 0.215. The predicted octanol–water partition coefficient (Wildman–Crippen LogP) is 2.15. The van der Waals surface area contributed by atoms with Gasteiger partial charge in [-0.25, -0.2) is 4.98 Å². The second-order valence-electron chi connectivity index (χ2n) is 5.21. The first-order valence-electron chi connectivity index (χ1n) is 6.24. The van der Waals surface area contributed by atoms with E-state index in [-0.39, 0.29) is 11.8 Å². The lowest BCUT2D eigenvalue weighted by Gasteiger charge is -2.38. The van der Waals surface area contributed by atoms with E-state index in [0.717, 1.165) is 6.07 Å². The molecule has 1 saturated heterocycles. The molecule has 0 spiro atoms. The van der Waals surface area contributed by atoms with Crippen LogP contribution in [0.3, 0.4) is 0 Å². The summed E-state index contributed by atoms with van der Waals surface area (Å²) >= 11 is 0. The molecule has 0 radical (unpaired) electrons. The van der Waals surface area contributed by atoms with Crippen LogP contribution in [0, 0.1) is 0 Å². The van der Waals surface area contributed by atoms with Crippen LogP contribution in [0.15, 0.2) is 6.07 Å². The Morgan fingerprint density at radius 2 is 2.05 bits per heavy atom. The van der Waals surface area contributed by atoms with Gasteiger partial charge in [-0.05, 0) is 13.8 Å². The molecule has 0 aromatic carbocycles. The second-order valence-corrected chi connectivity index (χ2v) is 5.21. The van der Waals surface area contributed by atoms with E-state index in [1.165, 1.54) is 7.05 Å². The molecule has 5 nitrogen and oxygen atoms in total. The van der Waals surface area contributed by atoms with Crippen molar-refractivity contribution in [1.29, 1.82) is 0 Å². The van der Waals surface area contributed by atoms with Crippen molar-refractivity contribution in [2.24, 2.45) is 0 Å². The highest BCUT2D eigenvalue weighted by molar-refractivity contribution is 5.46. The zero-order valence-corrected chi connectivity index (χ0v) is 11.6. The summed E-state index contributed by atoms with van der Waals surface area (Å²) < 4.78 is 44.1. The van der Waals surface area contributed by atoms with Gasteiger partial charge in [0, 0.05) is 26.2 Å². The number of halogens is 3. The Bertz CT molecular complexity index is 490. The maximum Gasteiger partial charge on any atom is 0.433 e. The Morgan fingerprint density at radius 1 is 1.35 bits per heavy atom. The molecule has 0 saturated carbocycles. The first kappa shape index (κ1) is 14.8. The van der Waals surface area contributed by atoms with Gasteiger partial charge in [-0.2, -0.15) is 18.2 Å². The van der Waals surface area contributed by atoms with Gasteiger partial charge in [0.1, 0.15) is 5.82 Å². The van der Waals surface area contributed by atoms with Gasteiger partial charge < -0.3 is 15.0 Å². The molecule has 0 atom stereocenters. The summed E-state index contributed by atoms with van der Waals surface area (Å²) in [7, 11) is 1.49. The SMILES string of the molecule is CNc1nc(N2CCOC(C)(C)C2)cc(C(F)(F)F)n1. The van der Waals surface area contributed by atoms with E-state index in [4.69, 9.17) is 4.74 Å². The summed E-state index contributed by atoms with van der Waals surface area (Å²) in [5, 5.41) is 2.56. The Labute approximate surface area is 115 Å². The van der Waals surface area contributed by atoms with Crippen molar-refractivity contribution in [3.8, 4) is 0 Å². The largest absolute Gasteiger partial charge is 0.433 e. The van der Waals surface area contributed by atoms with E-state index in [1.54, 1.807) is 4.90 Å². The number of nitrogens with zero attached hydrogens (tertiary/aromatic N) is 3. The van der Waals surface area contributed by atoms with E-state index in [0.29, 0.717) is 19.7 Å². The fraction of sp³-hybridized carbons (Fsp3) is 0.667. The summed E-state index contributed by atoms with van der Waals surface area (Å²) in [6, 6.07) is 0.974. The van der Waals surface area contributed by atoms with E-state index in [2.05, 4.69) is 15.3 Å². The molecule has 1 aromatic heterocycles. The average molecular weight is 290 g/mol. The molecule has 1 N–H and O–H groups in total. The van der Waals surface area contributed by atoms with Crippen LogP contribution < -0.4 is 10.2 Å². The first-order valence-corrected chi connectivity index (χ1v) is 6.24. The predicted molar refractivity (Wildman–Crippen MR) is 68.8 cm³/mol. The minimum absolute atomic E-state index is 0.0425. The van der Waals surface area contributed by atoms with Crippen molar-refractivity contribution in [2.75, 3.05) is 37.0 Å². The lowest BCUT2D eigenvalue weighted by Crippen LogP contribution is -2.48. The van der Waals surface area contributed by atoms with Gasteiger partial charge in [0.2, 0.25) is 5.95 Å². The first-order chi connectivity index (χ1) is 9.21. The van der Waals surface area contributed by atoms with Crippen molar-refractivity contribution >= 4 is 11.8 Å². The van der Waals surface area contributed by atoms with Gasteiger partial charge in [0.15, 0.2) is 5.69 Å². The van der Waals surface area contributed by atoms with Crippen molar-refractivity contribution in [1.82, 2.24) is 9.97 Å². The fourth-order valence-electron chi connectivity index (χ4n) is 2.07. The van der Waals surface area contributed by atoms with E-state index in [9.17, 15) is 13.2 Å². The molecule has 8 heteroatoms. The molecular weight excluding hydrogens is 273 g/mol. The Balaban J connectivity index is 2.36. The lowest BCUT2D eigenvalue weighted by atomic mass is 10.1. The van der Waals surface area contributed by atoms with Crippen LogP contribution in [-0.2, 0) is 10.9 Å². The highest BCUT2D eigenvalue weighted by Gasteiger charge is 2.35. The Kier molecular flexibility index (Phi) is 3.77. The maximum atomic E-state index is 12.8. The van der Waals surface area contributed by atoms with Crippen molar-refractivity contribution in [2.45, 2.75) is 25.6 Å². The molecule has 1 aliphatic heterocycles. The summed E-state index contributed by atoms with van der Waals surface area (Å²) in [5.41, 5.74) is -1.36. The molecule has 2 rings (SSSR count). The van der Waals surface area contributed by atoms with Gasteiger partial charge in [-0.1, -0.05) is 0 Å². The van der Waals surface area contributed by atoms with Crippen LogP contribution in [0.5, 0.6) is 0 Å². The number of morpholine rings is 1. The van der Waals surface area contributed by atoms with E-state index >= 15 is 0 Å². The number of aromatic nitrogens is 2. The maximum absolute atomic E-state index is 12.8. The average Bonchev–Trinajstić information content (AvgIpc) is 2.36. The van der Waals surface area contributed by atoms with Crippen LogP contribution in [0.1, 0.15) is 19.5 Å². The number of anilines is 2. The van der Waals surface area contributed by atoms with Gasteiger partial charge in [-0.15, -0.1) is 0 Å². The number of alkyl halides is 3. The minimum atomic E-state index is -4.49. The number of nitrogens with one attached hydrogen (secondary N) is 1. The molecule has 0 unspecified atom stereocenters. The van der Waals surface area contributed by atoms with Crippen molar-refractivity contribution < 1.29 is 17.9 Å². The zero-order chi connectivity index (χ0) is 15.0. The van der Waals surface area contributed by atoms with E-state index < -0.39 is 17.5 Å². The number of ether oxygens (including phenoxy) is 1. The number of hydrogen-bond donors (Lipinski definition) is 1. The van der Waals surface area contributed by atoms with Crippen LogP contribution in [0.4, 0.5) is 24.9 Å². The van der Waals surface area contributed by atoms with Crippen LogP contribution in [0.25, 0.3) is 0 Å². The monoisotopic (exact) mass is 290 g/mol. The van der Waals surface area contributed by atoms with Crippen LogP contribution in [0.2, 0.25) is 0 Å². The topological polar surface area (TPSA) is 50.3 Å². The molecule has 112 valence electrons. The fourth-order valence-corrected chi connectivity index (χ4v) is 2.07. The van der Waals surface area contributed by atoms with Gasteiger partial charge in [0.05, 0.1) is 12.2 Å². The summed E-state index contributed by atoms with van der Waals surface area (Å²) in [4.78, 5) is 9.33. The highest BCUT2D eigenvalue weighted by Crippen LogP contribution is 2.31. The third kappa shape index (κ3) is 3.30. The highest BCUT2D eigenvalue weighted by atomic mass is 19.4. The molecule has 2 heterocycles. The minimum Gasteiger partial charge on any atom is -0.372 e. The standard InChI is InChI=1S/C12H17F3N4O/c1-11(2)7-19(4-5-20-11)9-6-8(12(13,14)15)17-10(16-3)18-9/h6H,4-5,7H2,1-3H3,(H,16,17,18). The molecule has 1 fully saturated rings. The molecule has 0 bridgehead atoms. The Morgan fingerprint density at radius 3 is 2.60 bits per heavy atom. The second kappa shape index (κ2) is 5.08. The summed E-state index contributed by atoms with van der Waals surface area (Å²) in [6.07, 6.45) is -4.49. The third-order valence-corrected chi connectivity index (χ3v) is 2.98. The van der Waals surface area contributed by atoms with Crippen molar-refractivity contribution in [3.05, 3.63) is 11.8 Å². The molecule has 0 aliphatic carbocycles. The van der Waals surface area contributed by atoms with Gasteiger partial charge >= 0.3 is 6.18 Å². The smallest absolute Gasteiger partial charge is 0.372 e. The molecule has 1 aliphatic rings. The number of rotatable bonds is 2. The van der Waals surface area contributed by atoms with E-state index in [1.807, 2.05) is 13.8 Å². The lowest BCUT2D eigenvalue weighted by molar-refractivity contribution is -0.141. The van der Waals surface area contributed by atoms with Crippen LogP contribution >= 0.6 is 0 Å². The molecular formula is C12H17F3N4O. The summed E-state index contributed by atoms with van der Waals surface area (Å²) in [6.45, 7) is 5.21. The Hall–Kier alpha value is -1.57.